The predicted octanol–water partition coefficient (Wildman–Crippen LogP) is 5.93. The van der Waals surface area contributed by atoms with Crippen molar-refractivity contribution in [2.24, 2.45) is 0 Å². The lowest BCUT2D eigenvalue weighted by molar-refractivity contribution is -0.184. The molecule has 1 saturated heterocycles. The number of carbonyl (C=O) groups is 2. The van der Waals surface area contributed by atoms with Crippen molar-refractivity contribution in [3.63, 3.8) is 0 Å². The smallest absolute Gasteiger partial charge is 0.179 e. The number of ketones is 2. The van der Waals surface area contributed by atoms with Crippen LogP contribution in [0.5, 0.6) is 11.5 Å². The van der Waals surface area contributed by atoms with Gasteiger partial charge in [-0.1, -0.05) is 28.1 Å². The van der Waals surface area contributed by atoms with Crippen molar-refractivity contribution < 1.29 is 19.1 Å². The lowest BCUT2D eigenvalue weighted by Crippen LogP contribution is -2.58. The van der Waals surface area contributed by atoms with Gasteiger partial charge in [-0.3, -0.25) is 9.59 Å². The van der Waals surface area contributed by atoms with Gasteiger partial charge in [-0.25, -0.2) is 0 Å². The summed E-state index contributed by atoms with van der Waals surface area (Å²) in [5.74, 6) is 0.488. The monoisotopic (exact) mass is 456 g/mol. The molecule has 0 amide bonds. The molecule has 5 heteroatoms. The molecule has 1 heterocycles. The first-order valence-electron chi connectivity index (χ1n) is 9.94. The lowest BCUT2D eigenvalue weighted by atomic mass is 9.73. The molecule has 0 bridgehead atoms. The number of benzene rings is 2. The van der Waals surface area contributed by atoms with Crippen LogP contribution in [0, 0.1) is 0 Å². The molecule has 152 valence electrons. The third-order valence-electron chi connectivity index (χ3n) is 5.64. The summed E-state index contributed by atoms with van der Waals surface area (Å²) in [6.07, 6.45) is 2.16. The molecule has 0 aromatic heterocycles. The topological polar surface area (TPSA) is 52.6 Å². The van der Waals surface area contributed by atoms with Crippen molar-refractivity contribution in [2.45, 2.75) is 63.6 Å². The van der Waals surface area contributed by atoms with Crippen LogP contribution in [0.3, 0.4) is 0 Å². The van der Waals surface area contributed by atoms with E-state index >= 15 is 0 Å². The quantitative estimate of drug-likeness (QED) is 0.535. The summed E-state index contributed by atoms with van der Waals surface area (Å²) in [7, 11) is 0. The number of rotatable bonds is 4. The first-order chi connectivity index (χ1) is 13.6. The molecule has 4 nitrogen and oxygen atoms in total. The first kappa shape index (κ1) is 20.3. The summed E-state index contributed by atoms with van der Waals surface area (Å²) in [6, 6.07) is 13.4. The molecule has 2 aliphatic rings. The van der Waals surface area contributed by atoms with Crippen LogP contribution in [0.15, 0.2) is 46.9 Å². The molecule has 1 aliphatic heterocycles. The summed E-state index contributed by atoms with van der Waals surface area (Å²) in [6.45, 7) is 6.98. The highest BCUT2D eigenvalue weighted by Crippen LogP contribution is 2.47. The predicted molar refractivity (Wildman–Crippen MR) is 115 cm³/mol. The maximum absolute atomic E-state index is 13.3. The molecule has 1 aliphatic carbocycles. The third-order valence-corrected chi connectivity index (χ3v) is 6.13. The fourth-order valence-corrected chi connectivity index (χ4v) is 4.51. The van der Waals surface area contributed by atoms with Crippen molar-refractivity contribution in [1.82, 2.24) is 0 Å². The molecule has 0 unspecified atom stereocenters. The van der Waals surface area contributed by atoms with Crippen molar-refractivity contribution in [3.05, 3.63) is 58.1 Å². The van der Waals surface area contributed by atoms with Gasteiger partial charge in [0, 0.05) is 4.47 Å². The van der Waals surface area contributed by atoms with Gasteiger partial charge in [0.25, 0.3) is 0 Å². The fourth-order valence-electron chi connectivity index (χ4n) is 4.13. The van der Waals surface area contributed by atoms with Crippen LogP contribution >= 0.6 is 15.9 Å². The minimum absolute atomic E-state index is 0.191. The van der Waals surface area contributed by atoms with Crippen LogP contribution in [0.4, 0.5) is 0 Å². The van der Waals surface area contributed by atoms with Crippen LogP contribution < -0.4 is 4.74 Å². The highest BCUT2D eigenvalue weighted by molar-refractivity contribution is 9.10. The average Bonchev–Trinajstić information content (AvgIpc) is 3.45. The molecule has 0 spiro atoms. The van der Waals surface area contributed by atoms with Gasteiger partial charge < -0.3 is 9.47 Å². The summed E-state index contributed by atoms with van der Waals surface area (Å²) < 4.78 is 12.8. The van der Waals surface area contributed by atoms with E-state index < -0.39 is 17.1 Å². The van der Waals surface area contributed by atoms with Gasteiger partial charge in [-0.15, -0.1) is 0 Å². The van der Waals surface area contributed by atoms with Crippen molar-refractivity contribution in [1.29, 1.82) is 0 Å². The van der Waals surface area contributed by atoms with Gasteiger partial charge >= 0.3 is 0 Å². The second-order valence-electron chi connectivity index (χ2n) is 8.91. The van der Waals surface area contributed by atoms with Crippen LogP contribution in [-0.4, -0.2) is 22.8 Å². The van der Waals surface area contributed by atoms with Crippen molar-refractivity contribution >= 4 is 27.5 Å². The molecule has 0 N–H and O–H groups in total. The van der Waals surface area contributed by atoms with Crippen LogP contribution in [-0.2, 0) is 14.3 Å². The van der Waals surface area contributed by atoms with Gasteiger partial charge in [0.05, 0.1) is 0 Å². The van der Waals surface area contributed by atoms with Crippen LogP contribution in [0.25, 0.3) is 0 Å². The third kappa shape index (κ3) is 3.90. The number of ether oxygens (including phenoxy) is 2. The summed E-state index contributed by atoms with van der Waals surface area (Å²) in [5, 5.41) is 0. The van der Waals surface area contributed by atoms with E-state index in [0.717, 1.165) is 28.4 Å². The van der Waals surface area contributed by atoms with E-state index in [0.29, 0.717) is 17.4 Å². The first-order valence-corrected chi connectivity index (χ1v) is 10.7. The van der Waals surface area contributed by atoms with Gasteiger partial charge in [0.2, 0.25) is 0 Å². The fraction of sp³-hybridized carbons (Fsp3) is 0.417. The number of hydrogen-bond donors (Lipinski definition) is 0. The average molecular weight is 457 g/mol. The van der Waals surface area contributed by atoms with Crippen molar-refractivity contribution in [3.8, 4) is 11.5 Å². The van der Waals surface area contributed by atoms with E-state index in [9.17, 15) is 9.59 Å². The molecule has 1 saturated carbocycles. The zero-order valence-corrected chi connectivity index (χ0v) is 18.7. The molecule has 0 atom stereocenters. The SMILES string of the molecule is CC1(C)OC(C)(C)C(=O)C(c2cc(Oc3cccc(Br)c3)ccc2C2CC2)C1=O. The summed E-state index contributed by atoms with van der Waals surface area (Å²) >= 11 is 3.45. The zero-order chi connectivity index (χ0) is 21.0. The Morgan fingerprint density at radius 2 is 1.52 bits per heavy atom. The highest BCUT2D eigenvalue weighted by Gasteiger charge is 2.53. The van der Waals surface area contributed by atoms with E-state index in [2.05, 4.69) is 15.9 Å². The lowest BCUT2D eigenvalue weighted by Gasteiger charge is -2.43. The Kier molecular flexibility index (Phi) is 4.94. The second kappa shape index (κ2) is 7.06. The van der Waals surface area contributed by atoms with Crippen molar-refractivity contribution in [2.75, 3.05) is 0 Å². The van der Waals surface area contributed by atoms with Gasteiger partial charge in [0.1, 0.15) is 28.6 Å². The molecular weight excluding hydrogens is 432 g/mol. The number of carbonyl (C=O) groups excluding carboxylic acids is 2. The molecule has 2 aromatic rings. The minimum atomic E-state index is -1.02. The van der Waals surface area contributed by atoms with Gasteiger partial charge in [0.15, 0.2) is 11.6 Å². The Bertz CT molecular complexity index is 962. The molecule has 2 aromatic carbocycles. The summed E-state index contributed by atoms with van der Waals surface area (Å²) in [4.78, 5) is 26.5. The Labute approximate surface area is 179 Å². The maximum Gasteiger partial charge on any atom is 0.179 e. The van der Waals surface area contributed by atoms with E-state index in [4.69, 9.17) is 9.47 Å². The summed E-state index contributed by atoms with van der Waals surface area (Å²) in [5.41, 5.74) is -0.208. The highest BCUT2D eigenvalue weighted by atomic mass is 79.9. The normalized spacial score (nSPS) is 21.3. The standard InChI is InChI=1S/C24H25BrO4/c1-23(2)21(26)20(22(27)24(3,4)29-23)19-13-17(10-11-18(19)14-8-9-14)28-16-7-5-6-15(25)12-16/h5-7,10-14,20H,8-9H2,1-4H3. The largest absolute Gasteiger partial charge is 0.457 e. The zero-order valence-electron chi connectivity index (χ0n) is 17.1. The number of halogens is 1. The van der Waals surface area contributed by atoms with E-state index in [1.807, 2.05) is 42.5 Å². The molecule has 29 heavy (non-hydrogen) atoms. The molecule has 0 radical (unpaired) electrons. The molecule has 4 rings (SSSR count). The van der Waals surface area contributed by atoms with Gasteiger partial charge in [-0.05, 0) is 87.9 Å². The Morgan fingerprint density at radius 3 is 2.10 bits per heavy atom. The van der Waals surface area contributed by atoms with Crippen LogP contribution in [0.2, 0.25) is 0 Å². The Hall–Kier alpha value is -1.98. The Balaban J connectivity index is 1.78. The molecular formula is C24H25BrO4. The minimum Gasteiger partial charge on any atom is -0.457 e. The second-order valence-corrected chi connectivity index (χ2v) is 9.82. The van der Waals surface area contributed by atoms with Crippen LogP contribution in [0.1, 0.15) is 63.5 Å². The molecule has 2 fully saturated rings. The maximum atomic E-state index is 13.3. The van der Waals surface area contributed by atoms with E-state index in [-0.39, 0.29) is 11.6 Å². The number of Topliss-reactive ketones (excluding diaryl/α,β-unsaturated/α-hetero) is 2. The van der Waals surface area contributed by atoms with E-state index in [1.54, 1.807) is 27.7 Å². The number of hydrogen-bond acceptors (Lipinski definition) is 4. The Morgan fingerprint density at radius 1 is 0.897 bits per heavy atom. The van der Waals surface area contributed by atoms with Gasteiger partial charge in [-0.2, -0.15) is 0 Å². The van der Waals surface area contributed by atoms with E-state index in [1.165, 1.54) is 0 Å².